The van der Waals surface area contributed by atoms with Crippen molar-refractivity contribution >= 4 is 38.4 Å². The first-order valence-electron chi connectivity index (χ1n) is 6.20. The van der Waals surface area contributed by atoms with E-state index in [1.54, 1.807) is 6.20 Å². The third kappa shape index (κ3) is 3.53. The maximum atomic E-state index is 12.0. The monoisotopic (exact) mass is 320 g/mol. The SMILES string of the molecule is CC(C)(C)CC(=O)Nc1ccc(Br)c2cccnc12. The highest BCUT2D eigenvalue weighted by Gasteiger charge is 2.17. The standard InChI is InChI=1S/C15H17BrN2O/c1-15(2,3)9-13(19)18-12-7-6-11(16)10-5-4-8-17-14(10)12/h4-8H,9H2,1-3H3,(H,18,19). The molecule has 0 bridgehead atoms. The van der Waals surface area contributed by atoms with Crippen LogP contribution in [0.5, 0.6) is 0 Å². The highest BCUT2D eigenvalue weighted by atomic mass is 79.9. The largest absolute Gasteiger partial charge is 0.324 e. The highest BCUT2D eigenvalue weighted by molar-refractivity contribution is 9.10. The van der Waals surface area contributed by atoms with E-state index < -0.39 is 0 Å². The molecule has 1 aromatic carbocycles. The number of nitrogens with one attached hydrogen (secondary N) is 1. The zero-order chi connectivity index (χ0) is 14.0. The van der Waals surface area contributed by atoms with Gasteiger partial charge in [0.05, 0.1) is 11.2 Å². The predicted octanol–water partition coefficient (Wildman–Crippen LogP) is 4.37. The minimum absolute atomic E-state index is 0.0155. The van der Waals surface area contributed by atoms with E-state index in [4.69, 9.17) is 0 Å². The molecular formula is C15H17BrN2O. The molecule has 0 spiro atoms. The molecule has 19 heavy (non-hydrogen) atoms. The fourth-order valence-corrected chi connectivity index (χ4v) is 2.37. The molecule has 0 aliphatic carbocycles. The van der Waals surface area contributed by atoms with Crippen LogP contribution in [0.25, 0.3) is 10.9 Å². The molecule has 100 valence electrons. The number of rotatable bonds is 2. The number of carbonyl (C=O) groups excluding carboxylic acids is 1. The van der Waals surface area contributed by atoms with Gasteiger partial charge in [-0.3, -0.25) is 9.78 Å². The Morgan fingerprint density at radius 2 is 2.05 bits per heavy atom. The van der Waals surface area contributed by atoms with E-state index in [1.807, 2.05) is 45.0 Å². The van der Waals surface area contributed by atoms with E-state index in [0.29, 0.717) is 6.42 Å². The molecule has 1 heterocycles. The molecule has 0 aliphatic rings. The number of hydrogen-bond donors (Lipinski definition) is 1. The number of pyridine rings is 1. The molecule has 2 aromatic rings. The second-order valence-electron chi connectivity index (χ2n) is 5.78. The Balaban J connectivity index is 2.31. The van der Waals surface area contributed by atoms with Crippen molar-refractivity contribution < 1.29 is 4.79 Å². The summed E-state index contributed by atoms with van der Waals surface area (Å²) in [6.45, 7) is 6.14. The summed E-state index contributed by atoms with van der Waals surface area (Å²) >= 11 is 3.49. The van der Waals surface area contributed by atoms with Crippen LogP contribution >= 0.6 is 15.9 Å². The van der Waals surface area contributed by atoms with Gasteiger partial charge in [0.25, 0.3) is 0 Å². The molecule has 3 nitrogen and oxygen atoms in total. The van der Waals surface area contributed by atoms with E-state index in [2.05, 4.69) is 26.2 Å². The van der Waals surface area contributed by atoms with Gasteiger partial charge >= 0.3 is 0 Å². The van der Waals surface area contributed by atoms with Crippen LogP contribution in [0.1, 0.15) is 27.2 Å². The van der Waals surface area contributed by atoms with E-state index >= 15 is 0 Å². The van der Waals surface area contributed by atoms with Gasteiger partial charge in [0.1, 0.15) is 0 Å². The number of anilines is 1. The van der Waals surface area contributed by atoms with Crippen molar-refractivity contribution in [2.24, 2.45) is 5.41 Å². The fraction of sp³-hybridized carbons (Fsp3) is 0.333. The number of benzene rings is 1. The molecule has 0 fully saturated rings. The van der Waals surface area contributed by atoms with Gasteiger partial charge in [-0.2, -0.15) is 0 Å². The van der Waals surface area contributed by atoms with Gasteiger partial charge in [-0.1, -0.05) is 42.8 Å². The number of hydrogen-bond acceptors (Lipinski definition) is 2. The fourth-order valence-electron chi connectivity index (χ4n) is 1.91. The van der Waals surface area contributed by atoms with E-state index in [9.17, 15) is 4.79 Å². The van der Waals surface area contributed by atoms with Crippen molar-refractivity contribution in [2.45, 2.75) is 27.2 Å². The summed E-state index contributed by atoms with van der Waals surface area (Å²) in [5, 5.41) is 3.94. The number of fused-ring (bicyclic) bond motifs is 1. The normalized spacial score (nSPS) is 11.6. The maximum absolute atomic E-state index is 12.0. The zero-order valence-corrected chi connectivity index (χ0v) is 12.9. The van der Waals surface area contributed by atoms with Crippen molar-refractivity contribution in [3.05, 3.63) is 34.9 Å². The van der Waals surface area contributed by atoms with Gasteiger partial charge in [0.15, 0.2) is 0 Å². The summed E-state index contributed by atoms with van der Waals surface area (Å²) in [6, 6.07) is 7.66. The van der Waals surface area contributed by atoms with Crippen molar-refractivity contribution in [3.63, 3.8) is 0 Å². The lowest BCUT2D eigenvalue weighted by molar-refractivity contribution is -0.117. The summed E-state index contributed by atoms with van der Waals surface area (Å²) in [4.78, 5) is 16.4. The molecule has 2 rings (SSSR count). The van der Waals surface area contributed by atoms with Crippen LogP contribution in [0.4, 0.5) is 5.69 Å². The predicted molar refractivity (Wildman–Crippen MR) is 82.1 cm³/mol. The first-order chi connectivity index (χ1) is 8.87. The second-order valence-corrected chi connectivity index (χ2v) is 6.63. The molecule has 0 aliphatic heterocycles. The second kappa shape index (κ2) is 5.29. The molecule has 1 N–H and O–H groups in total. The average molecular weight is 321 g/mol. The van der Waals surface area contributed by atoms with E-state index in [-0.39, 0.29) is 11.3 Å². The quantitative estimate of drug-likeness (QED) is 0.892. The molecule has 4 heteroatoms. The third-order valence-corrected chi connectivity index (χ3v) is 3.37. The first kappa shape index (κ1) is 14.0. The van der Waals surface area contributed by atoms with Crippen LogP contribution in [0.15, 0.2) is 34.9 Å². The Kier molecular flexibility index (Phi) is 3.90. The molecule has 0 radical (unpaired) electrons. The number of amides is 1. The molecular weight excluding hydrogens is 304 g/mol. The van der Waals surface area contributed by atoms with E-state index in [1.165, 1.54) is 0 Å². The Bertz CT molecular complexity index is 617. The summed E-state index contributed by atoms with van der Waals surface area (Å²) in [6.07, 6.45) is 2.21. The van der Waals surface area contributed by atoms with Crippen molar-refractivity contribution in [1.29, 1.82) is 0 Å². The molecule has 1 amide bonds. The number of aromatic nitrogens is 1. The van der Waals surface area contributed by atoms with Crippen LogP contribution in [-0.4, -0.2) is 10.9 Å². The first-order valence-corrected chi connectivity index (χ1v) is 6.99. The number of halogens is 1. The van der Waals surface area contributed by atoms with Crippen LogP contribution in [-0.2, 0) is 4.79 Å². The van der Waals surface area contributed by atoms with Crippen LogP contribution < -0.4 is 5.32 Å². The lowest BCUT2D eigenvalue weighted by atomic mass is 9.92. The van der Waals surface area contributed by atoms with Gasteiger partial charge in [-0.25, -0.2) is 0 Å². The van der Waals surface area contributed by atoms with Gasteiger partial charge in [0, 0.05) is 22.5 Å². The summed E-state index contributed by atoms with van der Waals surface area (Å²) in [7, 11) is 0. The van der Waals surface area contributed by atoms with Gasteiger partial charge in [-0.15, -0.1) is 0 Å². The Labute approximate surface area is 121 Å². The highest BCUT2D eigenvalue weighted by Crippen LogP contribution is 2.29. The maximum Gasteiger partial charge on any atom is 0.224 e. The molecule has 0 saturated carbocycles. The minimum Gasteiger partial charge on any atom is -0.324 e. The van der Waals surface area contributed by atoms with Gasteiger partial charge < -0.3 is 5.32 Å². The van der Waals surface area contributed by atoms with Gasteiger partial charge in [0.2, 0.25) is 5.91 Å². The Morgan fingerprint density at radius 1 is 1.32 bits per heavy atom. The molecule has 1 aromatic heterocycles. The minimum atomic E-state index is -0.0251. The zero-order valence-electron chi connectivity index (χ0n) is 11.3. The lowest BCUT2D eigenvalue weighted by Crippen LogP contribution is -2.19. The van der Waals surface area contributed by atoms with Crippen LogP contribution in [0.3, 0.4) is 0 Å². The smallest absolute Gasteiger partial charge is 0.224 e. The van der Waals surface area contributed by atoms with Crippen molar-refractivity contribution in [1.82, 2.24) is 4.98 Å². The summed E-state index contributed by atoms with van der Waals surface area (Å²) in [5.74, 6) is 0.0155. The summed E-state index contributed by atoms with van der Waals surface area (Å²) in [5.41, 5.74) is 1.54. The van der Waals surface area contributed by atoms with Crippen LogP contribution in [0, 0.1) is 5.41 Å². The Hall–Kier alpha value is -1.42. The van der Waals surface area contributed by atoms with Crippen molar-refractivity contribution in [2.75, 3.05) is 5.32 Å². The topological polar surface area (TPSA) is 42.0 Å². The molecule has 0 saturated heterocycles. The van der Waals surface area contributed by atoms with Gasteiger partial charge in [-0.05, 0) is 23.6 Å². The number of carbonyl (C=O) groups is 1. The van der Waals surface area contributed by atoms with E-state index in [0.717, 1.165) is 21.1 Å². The average Bonchev–Trinajstić information content (AvgIpc) is 2.31. The molecule has 0 atom stereocenters. The van der Waals surface area contributed by atoms with Crippen LogP contribution in [0.2, 0.25) is 0 Å². The molecule has 0 unspecified atom stereocenters. The number of nitrogens with zero attached hydrogens (tertiary/aromatic N) is 1. The lowest BCUT2D eigenvalue weighted by Gasteiger charge is -2.17. The third-order valence-electron chi connectivity index (χ3n) is 2.68. The summed E-state index contributed by atoms with van der Waals surface area (Å²) < 4.78 is 0.976. The Morgan fingerprint density at radius 3 is 2.74 bits per heavy atom. The van der Waals surface area contributed by atoms with Crippen molar-refractivity contribution in [3.8, 4) is 0 Å².